The van der Waals surface area contributed by atoms with Crippen LogP contribution in [0.2, 0.25) is 0 Å². The summed E-state index contributed by atoms with van der Waals surface area (Å²) in [6, 6.07) is 12.3. The molecule has 4 heteroatoms. The van der Waals surface area contributed by atoms with Crippen LogP contribution in [0.4, 0.5) is 4.39 Å². The summed E-state index contributed by atoms with van der Waals surface area (Å²) >= 11 is 3.07. The topological polar surface area (TPSA) is 29.1 Å². The first-order valence-electron chi connectivity index (χ1n) is 6.41. The molecule has 0 spiro atoms. The number of hydrogen-bond donors (Lipinski definition) is 1. The van der Waals surface area contributed by atoms with Crippen molar-refractivity contribution in [3.63, 3.8) is 0 Å². The van der Waals surface area contributed by atoms with Crippen LogP contribution in [0.1, 0.15) is 28.4 Å². The van der Waals surface area contributed by atoms with Gasteiger partial charge in [-0.15, -0.1) is 0 Å². The zero-order valence-electron chi connectivity index (χ0n) is 11.1. The lowest BCUT2D eigenvalue weighted by molar-refractivity contribution is 0.0951. The van der Waals surface area contributed by atoms with Crippen LogP contribution >= 0.6 is 15.9 Å². The van der Waals surface area contributed by atoms with Crippen molar-refractivity contribution >= 4 is 21.8 Å². The highest BCUT2D eigenvalue weighted by molar-refractivity contribution is 9.10. The van der Waals surface area contributed by atoms with E-state index in [2.05, 4.69) is 40.3 Å². The predicted octanol–water partition coefficient (Wildman–Crippen LogP) is 4.08. The first-order valence-corrected chi connectivity index (χ1v) is 7.20. The van der Waals surface area contributed by atoms with Crippen LogP contribution in [0.5, 0.6) is 0 Å². The van der Waals surface area contributed by atoms with Gasteiger partial charge in [0.05, 0.1) is 4.47 Å². The molecule has 1 N–H and O–H groups in total. The van der Waals surface area contributed by atoms with Gasteiger partial charge in [-0.3, -0.25) is 4.79 Å². The monoisotopic (exact) mass is 335 g/mol. The molecule has 0 aliphatic heterocycles. The summed E-state index contributed by atoms with van der Waals surface area (Å²) in [4.78, 5) is 12.0. The summed E-state index contributed by atoms with van der Waals surface area (Å²) in [5, 5.41) is 2.82. The molecule has 0 aliphatic rings. The molecule has 104 valence electrons. The molecule has 0 aromatic heterocycles. The molecule has 0 heterocycles. The fourth-order valence-electron chi connectivity index (χ4n) is 1.81. The van der Waals surface area contributed by atoms with Gasteiger partial charge in [0.15, 0.2) is 0 Å². The van der Waals surface area contributed by atoms with E-state index in [1.165, 1.54) is 23.8 Å². The smallest absolute Gasteiger partial charge is 0.251 e. The summed E-state index contributed by atoms with van der Waals surface area (Å²) in [6.45, 7) is 2.56. The first-order chi connectivity index (χ1) is 9.60. The second-order valence-electron chi connectivity index (χ2n) is 4.48. The minimum absolute atomic E-state index is 0.217. The number of hydrogen-bond acceptors (Lipinski definition) is 1. The molecule has 0 unspecified atom stereocenters. The third-order valence-electron chi connectivity index (χ3n) is 3.07. The Morgan fingerprint density at radius 1 is 1.15 bits per heavy atom. The second kappa shape index (κ2) is 6.66. The van der Waals surface area contributed by atoms with Gasteiger partial charge in [-0.1, -0.05) is 31.2 Å². The van der Waals surface area contributed by atoms with Crippen molar-refractivity contribution in [2.75, 3.05) is 0 Å². The number of benzene rings is 2. The molecule has 20 heavy (non-hydrogen) atoms. The van der Waals surface area contributed by atoms with Crippen molar-refractivity contribution in [2.24, 2.45) is 0 Å². The lowest BCUT2D eigenvalue weighted by Gasteiger charge is -2.07. The third kappa shape index (κ3) is 3.67. The lowest BCUT2D eigenvalue weighted by Crippen LogP contribution is -2.22. The van der Waals surface area contributed by atoms with Gasteiger partial charge in [0, 0.05) is 12.1 Å². The molecule has 1 amide bonds. The number of carbonyl (C=O) groups excluding carboxylic acids is 1. The van der Waals surface area contributed by atoms with Crippen LogP contribution in [0, 0.1) is 5.82 Å². The standard InChI is InChI=1S/C16H15BrFNO/c1-2-11-3-5-12(6-4-11)10-19-16(20)13-7-8-15(18)14(17)9-13/h3-9H,2,10H2,1H3,(H,19,20). The van der Waals surface area contributed by atoms with Crippen molar-refractivity contribution in [1.82, 2.24) is 5.32 Å². The molecular weight excluding hydrogens is 321 g/mol. The average molecular weight is 336 g/mol. The van der Waals surface area contributed by atoms with Crippen molar-refractivity contribution in [1.29, 1.82) is 0 Å². The third-order valence-corrected chi connectivity index (χ3v) is 3.67. The van der Waals surface area contributed by atoms with E-state index in [4.69, 9.17) is 0 Å². The van der Waals surface area contributed by atoms with Crippen LogP contribution in [-0.2, 0) is 13.0 Å². The number of amides is 1. The van der Waals surface area contributed by atoms with E-state index in [0.29, 0.717) is 12.1 Å². The van der Waals surface area contributed by atoms with Gasteiger partial charge < -0.3 is 5.32 Å². The van der Waals surface area contributed by atoms with E-state index >= 15 is 0 Å². The Bertz CT molecular complexity index is 610. The van der Waals surface area contributed by atoms with Crippen LogP contribution in [0.3, 0.4) is 0 Å². The molecule has 0 radical (unpaired) electrons. The van der Waals surface area contributed by atoms with E-state index in [1.54, 1.807) is 0 Å². The van der Waals surface area contributed by atoms with Crippen molar-refractivity contribution in [2.45, 2.75) is 19.9 Å². The molecule has 2 rings (SSSR count). The molecule has 2 aromatic rings. The Kier molecular flexibility index (Phi) is 4.90. The predicted molar refractivity (Wildman–Crippen MR) is 81.1 cm³/mol. The van der Waals surface area contributed by atoms with Gasteiger partial charge in [-0.05, 0) is 51.7 Å². The highest BCUT2D eigenvalue weighted by Gasteiger charge is 2.08. The van der Waals surface area contributed by atoms with E-state index < -0.39 is 0 Å². The Balaban J connectivity index is 1.98. The Labute approximate surface area is 126 Å². The Morgan fingerprint density at radius 2 is 1.80 bits per heavy atom. The highest BCUT2D eigenvalue weighted by atomic mass is 79.9. The normalized spacial score (nSPS) is 10.3. The van der Waals surface area contributed by atoms with E-state index in [-0.39, 0.29) is 16.2 Å². The number of rotatable bonds is 4. The fourth-order valence-corrected chi connectivity index (χ4v) is 2.19. The van der Waals surface area contributed by atoms with Crippen molar-refractivity contribution in [3.05, 3.63) is 69.4 Å². The van der Waals surface area contributed by atoms with Gasteiger partial charge in [-0.25, -0.2) is 4.39 Å². The Morgan fingerprint density at radius 3 is 2.40 bits per heavy atom. The van der Waals surface area contributed by atoms with Crippen LogP contribution in [0.15, 0.2) is 46.9 Å². The molecule has 2 nitrogen and oxygen atoms in total. The van der Waals surface area contributed by atoms with Gasteiger partial charge >= 0.3 is 0 Å². The van der Waals surface area contributed by atoms with Crippen molar-refractivity contribution in [3.8, 4) is 0 Å². The summed E-state index contributed by atoms with van der Waals surface area (Å²) in [5.74, 6) is -0.595. The zero-order valence-corrected chi connectivity index (χ0v) is 12.7. The van der Waals surface area contributed by atoms with Gasteiger partial charge in [0.1, 0.15) is 5.82 Å². The number of aryl methyl sites for hydroxylation is 1. The summed E-state index contributed by atoms with van der Waals surface area (Å²) in [5.41, 5.74) is 2.74. The van der Waals surface area contributed by atoms with Gasteiger partial charge in [0.2, 0.25) is 0 Å². The molecule has 0 bridgehead atoms. The van der Waals surface area contributed by atoms with Gasteiger partial charge in [0.25, 0.3) is 5.91 Å². The maximum absolute atomic E-state index is 13.1. The number of carbonyl (C=O) groups is 1. The second-order valence-corrected chi connectivity index (χ2v) is 5.34. The van der Waals surface area contributed by atoms with E-state index in [0.717, 1.165) is 12.0 Å². The average Bonchev–Trinajstić information content (AvgIpc) is 2.48. The quantitative estimate of drug-likeness (QED) is 0.896. The fraction of sp³-hybridized carbons (Fsp3) is 0.188. The summed E-state index contributed by atoms with van der Waals surface area (Å²) in [7, 11) is 0. The molecule has 0 saturated heterocycles. The number of nitrogens with one attached hydrogen (secondary N) is 1. The zero-order chi connectivity index (χ0) is 14.5. The Hall–Kier alpha value is -1.68. The largest absolute Gasteiger partial charge is 0.348 e. The summed E-state index contributed by atoms with van der Waals surface area (Å²) in [6.07, 6.45) is 0.996. The molecule has 0 atom stereocenters. The maximum Gasteiger partial charge on any atom is 0.251 e. The SMILES string of the molecule is CCc1ccc(CNC(=O)c2ccc(F)c(Br)c2)cc1. The molecule has 0 fully saturated rings. The minimum Gasteiger partial charge on any atom is -0.348 e. The highest BCUT2D eigenvalue weighted by Crippen LogP contribution is 2.16. The summed E-state index contributed by atoms with van der Waals surface area (Å²) < 4.78 is 13.4. The molecule has 0 aliphatic carbocycles. The number of halogens is 2. The lowest BCUT2D eigenvalue weighted by atomic mass is 10.1. The van der Waals surface area contributed by atoms with E-state index in [9.17, 15) is 9.18 Å². The van der Waals surface area contributed by atoms with Crippen LogP contribution < -0.4 is 5.32 Å². The van der Waals surface area contributed by atoms with Gasteiger partial charge in [-0.2, -0.15) is 0 Å². The van der Waals surface area contributed by atoms with Crippen LogP contribution in [0.25, 0.3) is 0 Å². The molecular formula is C16H15BrFNO. The molecule has 2 aromatic carbocycles. The first kappa shape index (κ1) is 14.7. The minimum atomic E-state index is -0.378. The van der Waals surface area contributed by atoms with E-state index in [1.807, 2.05) is 12.1 Å². The maximum atomic E-state index is 13.1. The van der Waals surface area contributed by atoms with Crippen LogP contribution in [-0.4, -0.2) is 5.91 Å². The molecule has 0 saturated carbocycles. The van der Waals surface area contributed by atoms with Crippen molar-refractivity contribution < 1.29 is 9.18 Å².